The summed E-state index contributed by atoms with van der Waals surface area (Å²) < 4.78 is 36.7. The van der Waals surface area contributed by atoms with E-state index in [1.54, 1.807) is 0 Å². The van der Waals surface area contributed by atoms with Gasteiger partial charge in [-0.2, -0.15) is 13.2 Å². The number of hydrogen-bond acceptors (Lipinski definition) is 2. The van der Waals surface area contributed by atoms with Crippen LogP contribution in [-0.4, -0.2) is 28.5 Å². The number of aliphatic hydroxyl groups is 1. The molecule has 0 unspecified atom stereocenters. The van der Waals surface area contributed by atoms with E-state index in [9.17, 15) is 18.0 Å². The van der Waals surface area contributed by atoms with Crippen molar-refractivity contribution in [3.05, 3.63) is 0 Å². The van der Waals surface area contributed by atoms with Crippen LogP contribution in [-0.2, 0) is 4.79 Å². The third kappa shape index (κ3) is 2.60. The average Bonchev–Trinajstić information content (AvgIpc) is 2.01. The fourth-order valence-electron chi connectivity index (χ4n) is 1.76. The molecule has 1 aliphatic rings. The number of halogens is 3. The zero-order valence-corrected chi connectivity index (χ0v) is 7.29. The second-order valence-corrected chi connectivity index (χ2v) is 3.63. The number of carbonyl (C=O) groups is 1. The van der Waals surface area contributed by atoms with Gasteiger partial charge >= 0.3 is 12.1 Å². The molecule has 0 amide bonds. The van der Waals surface area contributed by atoms with E-state index in [0.29, 0.717) is 0 Å². The maximum Gasteiger partial charge on any atom is 0.391 e. The van der Waals surface area contributed by atoms with Crippen LogP contribution in [0.5, 0.6) is 0 Å². The summed E-state index contributed by atoms with van der Waals surface area (Å²) in [5.41, 5.74) is 0. The standard InChI is InChI=1S/C8H11F3O3/c9-8(10,11)5-1-4(7(13)14)2-6(12)3-5/h4-6,12H,1-3H2,(H,13,14)/t4-,5+,6-/m1/s1. The molecular formula is C8H11F3O3. The van der Waals surface area contributed by atoms with Crippen molar-refractivity contribution < 1.29 is 28.2 Å². The first-order valence-corrected chi connectivity index (χ1v) is 4.28. The summed E-state index contributed by atoms with van der Waals surface area (Å²) in [5.74, 6) is -4.03. The van der Waals surface area contributed by atoms with Gasteiger partial charge in [0.05, 0.1) is 17.9 Å². The Bertz CT molecular complexity index is 226. The molecule has 0 aromatic rings. The summed E-state index contributed by atoms with van der Waals surface area (Å²) >= 11 is 0. The second kappa shape index (κ2) is 3.76. The lowest BCUT2D eigenvalue weighted by Crippen LogP contribution is -2.37. The van der Waals surface area contributed by atoms with Crippen molar-refractivity contribution in [3.63, 3.8) is 0 Å². The van der Waals surface area contributed by atoms with E-state index in [0.717, 1.165) is 0 Å². The van der Waals surface area contributed by atoms with Crippen molar-refractivity contribution >= 4 is 5.97 Å². The van der Waals surface area contributed by atoms with Gasteiger partial charge in [0.1, 0.15) is 0 Å². The van der Waals surface area contributed by atoms with Crippen molar-refractivity contribution in [2.24, 2.45) is 11.8 Å². The summed E-state index contributed by atoms with van der Waals surface area (Å²) in [5, 5.41) is 17.7. The molecule has 1 saturated carbocycles. The van der Waals surface area contributed by atoms with Crippen molar-refractivity contribution in [2.75, 3.05) is 0 Å². The zero-order valence-electron chi connectivity index (χ0n) is 7.29. The van der Waals surface area contributed by atoms with Gasteiger partial charge in [-0.15, -0.1) is 0 Å². The molecule has 3 atom stereocenters. The first-order chi connectivity index (χ1) is 6.30. The first-order valence-electron chi connectivity index (χ1n) is 4.28. The van der Waals surface area contributed by atoms with E-state index in [1.807, 2.05) is 0 Å². The number of hydrogen-bond donors (Lipinski definition) is 2. The van der Waals surface area contributed by atoms with Gasteiger partial charge in [0, 0.05) is 0 Å². The van der Waals surface area contributed by atoms with E-state index in [-0.39, 0.29) is 12.8 Å². The van der Waals surface area contributed by atoms with Crippen LogP contribution in [0.2, 0.25) is 0 Å². The van der Waals surface area contributed by atoms with Gasteiger partial charge in [0.2, 0.25) is 0 Å². The monoisotopic (exact) mass is 212 g/mol. The third-order valence-electron chi connectivity index (χ3n) is 2.49. The van der Waals surface area contributed by atoms with E-state index in [2.05, 4.69) is 0 Å². The third-order valence-corrected chi connectivity index (χ3v) is 2.49. The molecule has 2 N–H and O–H groups in total. The molecule has 1 rings (SSSR count). The lowest BCUT2D eigenvalue weighted by Gasteiger charge is -2.31. The summed E-state index contributed by atoms with van der Waals surface area (Å²) in [6.45, 7) is 0. The topological polar surface area (TPSA) is 57.5 Å². The SMILES string of the molecule is O=C(O)[C@H]1C[C@@H](O)C[C@@H](C(F)(F)F)C1. The number of alkyl halides is 3. The maximum absolute atomic E-state index is 12.2. The van der Waals surface area contributed by atoms with Gasteiger partial charge in [0.15, 0.2) is 0 Å². The lowest BCUT2D eigenvalue weighted by atomic mass is 9.79. The molecule has 6 heteroatoms. The van der Waals surface area contributed by atoms with E-state index < -0.39 is 36.5 Å². The Balaban J connectivity index is 2.68. The predicted molar refractivity (Wildman–Crippen MR) is 40.5 cm³/mol. The number of carboxylic acids is 1. The molecule has 0 bridgehead atoms. The largest absolute Gasteiger partial charge is 0.481 e. The Morgan fingerprint density at radius 2 is 1.79 bits per heavy atom. The molecule has 0 spiro atoms. The second-order valence-electron chi connectivity index (χ2n) is 3.63. The molecule has 3 nitrogen and oxygen atoms in total. The molecule has 0 aromatic heterocycles. The van der Waals surface area contributed by atoms with E-state index in [1.165, 1.54) is 0 Å². The van der Waals surface area contributed by atoms with Gasteiger partial charge < -0.3 is 10.2 Å². The molecule has 1 aliphatic carbocycles. The van der Waals surface area contributed by atoms with Gasteiger partial charge in [-0.1, -0.05) is 0 Å². The quantitative estimate of drug-likeness (QED) is 0.690. The summed E-state index contributed by atoms with van der Waals surface area (Å²) in [6, 6.07) is 0. The molecule has 82 valence electrons. The smallest absolute Gasteiger partial charge is 0.391 e. The highest BCUT2D eigenvalue weighted by Gasteiger charge is 2.46. The summed E-state index contributed by atoms with van der Waals surface area (Å²) in [4.78, 5) is 10.5. The van der Waals surface area contributed by atoms with Crippen molar-refractivity contribution in [1.82, 2.24) is 0 Å². The molecule has 0 saturated heterocycles. The van der Waals surface area contributed by atoms with E-state index in [4.69, 9.17) is 10.2 Å². The molecule has 0 radical (unpaired) electrons. The fraction of sp³-hybridized carbons (Fsp3) is 0.875. The summed E-state index contributed by atoms with van der Waals surface area (Å²) in [6.07, 6.45) is -6.45. The van der Waals surface area contributed by atoms with Crippen molar-refractivity contribution in [3.8, 4) is 0 Å². The van der Waals surface area contributed by atoms with Crippen molar-refractivity contribution in [2.45, 2.75) is 31.5 Å². The molecule has 1 fully saturated rings. The Labute approximate surface area is 78.5 Å². The average molecular weight is 212 g/mol. The molecule has 14 heavy (non-hydrogen) atoms. The Hall–Kier alpha value is -0.780. The number of carboxylic acid groups (broad SMARTS) is 1. The van der Waals surface area contributed by atoms with Gasteiger partial charge in [0.25, 0.3) is 0 Å². The number of rotatable bonds is 1. The summed E-state index contributed by atoms with van der Waals surface area (Å²) in [7, 11) is 0. The van der Waals surface area contributed by atoms with Crippen molar-refractivity contribution in [1.29, 1.82) is 0 Å². The van der Waals surface area contributed by atoms with E-state index >= 15 is 0 Å². The predicted octanol–water partition coefficient (Wildman–Crippen LogP) is 1.41. The van der Waals surface area contributed by atoms with Crippen LogP contribution in [0.25, 0.3) is 0 Å². The van der Waals surface area contributed by atoms with Gasteiger partial charge in [-0.25, -0.2) is 0 Å². The van der Waals surface area contributed by atoms with Crippen LogP contribution in [0, 0.1) is 11.8 Å². The highest BCUT2D eigenvalue weighted by molar-refractivity contribution is 5.70. The zero-order chi connectivity index (χ0) is 10.9. The normalized spacial score (nSPS) is 34.1. The molecule has 0 aliphatic heterocycles. The number of aliphatic carboxylic acids is 1. The van der Waals surface area contributed by atoms with Crippen LogP contribution in [0.4, 0.5) is 13.2 Å². The molecular weight excluding hydrogens is 201 g/mol. The fourth-order valence-corrected chi connectivity index (χ4v) is 1.76. The van der Waals surface area contributed by atoms with Crippen LogP contribution in [0.3, 0.4) is 0 Å². The molecule has 0 aromatic carbocycles. The first kappa shape index (κ1) is 11.3. The van der Waals surface area contributed by atoms with Gasteiger partial charge in [-0.05, 0) is 19.3 Å². The highest BCUT2D eigenvalue weighted by atomic mass is 19.4. The Kier molecular flexibility index (Phi) is 3.04. The molecule has 0 heterocycles. The van der Waals surface area contributed by atoms with Crippen LogP contribution in [0.15, 0.2) is 0 Å². The Morgan fingerprint density at radius 1 is 1.21 bits per heavy atom. The minimum absolute atomic E-state index is 0.0814. The van der Waals surface area contributed by atoms with Crippen LogP contribution < -0.4 is 0 Å². The van der Waals surface area contributed by atoms with Crippen LogP contribution >= 0.6 is 0 Å². The Morgan fingerprint density at radius 3 is 2.21 bits per heavy atom. The highest BCUT2D eigenvalue weighted by Crippen LogP contribution is 2.39. The van der Waals surface area contributed by atoms with Gasteiger partial charge in [-0.3, -0.25) is 4.79 Å². The minimum atomic E-state index is -4.41. The minimum Gasteiger partial charge on any atom is -0.481 e. The number of aliphatic hydroxyl groups excluding tert-OH is 1. The van der Waals surface area contributed by atoms with Crippen LogP contribution in [0.1, 0.15) is 19.3 Å². The maximum atomic E-state index is 12.2. The lowest BCUT2D eigenvalue weighted by molar-refractivity contribution is -0.196.